The third kappa shape index (κ3) is 4.10. The molecule has 1 amide bonds. The number of H-pyrrole nitrogens is 1. The molecule has 2 aromatic carbocycles. The summed E-state index contributed by atoms with van der Waals surface area (Å²) in [5.41, 5.74) is 1.83. The first-order chi connectivity index (χ1) is 13.8. The minimum atomic E-state index is -0.508. The number of nitrogens with one attached hydrogen (secondary N) is 1. The number of nitro groups is 1. The Labute approximate surface area is 165 Å². The molecule has 0 radical (unpaired) electrons. The Kier molecular flexibility index (Phi) is 5.35. The van der Waals surface area contributed by atoms with Crippen molar-refractivity contribution in [1.29, 1.82) is 0 Å². The van der Waals surface area contributed by atoms with E-state index < -0.39 is 10.5 Å². The van der Waals surface area contributed by atoms with Gasteiger partial charge in [0.1, 0.15) is 0 Å². The van der Waals surface area contributed by atoms with Gasteiger partial charge in [-0.05, 0) is 43.3 Å². The molecule has 3 rings (SSSR count). The SMILES string of the molecule is CC(=O)N(C)c1ccc(N=Nc2c(C)[nH]n(-c3ccc([N+](=O)[O-])cc3)c2=O)cc1. The van der Waals surface area contributed by atoms with Gasteiger partial charge in [-0.1, -0.05) is 0 Å². The Morgan fingerprint density at radius 2 is 1.72 bits per heavy atom. The number of benzene rings is 2. The zero-order valence-electron chi connectivity index (χ0n) is 16.0. The molecule has 1 aromatic heterocycles. The third-order valence-corrected chi connectivity index (χ3v) is 4.33. The number of azo groups is 1. The van der Waals surface area contributed by atoms with Crippen LogP contribution in [0.15, 0.2) is 63.6 Å². The lowest BCUT2D eigenvalue weighted by atomic mass is 10.2. The van der Waals surface area contributed by atoms with E-state index in [0.29, 0.717) is 17.1 Å². The lowest BCUT2D eigenvalue weighted by molar-refractivity contribution is -0.384. The molecule has 0 spiro atoms. The predicted octanol–water partition coefficient (Wildman–Crippen LogP) is 3.78. The zero-order chi connectivity index (χ0) is 21.1. The van der Waals surface area contributed by atoms with Crippen LogP contribution in [-0.4, -0.2) is 27.7 Å². The number of amides is 1. The number of aromatic nitrogens is 2. The molecule has 0 saturated heterocycles. The van der Waals surface area contributed by atoms with Crippen LogP contribution in [0.3, 0.4) is 0 Å². The molecule has 0 aliphatic carbocycles. The van der Waals surface area contributed by atoms with Crippen LogP contribution in [0.4, 0.5) is 22.7 Å². The van der Waals surface area contributed by atoms with Crippen molar-refractivity contribution in [2.75, 3.05) is 11.9 Å². The maximum absolute atomic E-state index is 12.6. The van der Waals surface area contributed by atoms with E-state index in [-0.39, 0.29) is 17.3 Å². The van der Waals surface area contributed by atoms with Gasteiger partial charge in [-0.2, -0.15) is 5.11 Å². The van der Waals surface area contributed by atoms with Crippen LogP contribution < -0.4 is 10.5 Å². The van der Waals surface area contributed by atoms with E-state index in [2.05, 4.69) is 15.3 Å². The molecule has 1 N–H and O–H groups in total. The average molecular weight is 394 g/mol. The highest BCUT2D eigenvalue weighted by Crippen LogP contribution is 2.22. The highest BCUT2D eigenvalue weighted by molar-refractivity contribution is 5.90. The van der Waals surface area contributed by atoms with Crippen LogP contribution in [0, 0.1) is 17.0 Å². The highest BCUT2D eigenvalue weighted by Gasteiger charge is 2.13. The zero-order valence-corrected chi connectivity index (χ0v) is 16.0. The number of carbonyl (C=O) groups is 1. The second kappa shape index (κ2) is 7.89. The maximum Gasteiger partial charge on any atom is 0.299 e. The molecule has 0 bridgehead atoms. The first-order valence-corrected chi connectivity index (χ1v) is 8.60. The summed E-state index contributed by atoms with van der Waals surface area (Å²) in [4.78, 5) is 35.8. The van der Waals surface area contributed by atoms with Crippen LogP contribution in [0.2, 0.25) is 0 Å². The summed E-state index contributed by atoms with van der Waals surface area (Å²) < 4.78 is 1.25. The van der Waals surface area contributed by atoms with Crippen LogP contribution in [0.1, 0.15) is 12.6 Å². The summed E-state index contributed by atoms with van der Waals surface area (Å²) in [6, 6.07) is 12.4. The van der Waals surface area contributed by atoms with E-state index in [1.54, 1.807) is 38.2 Å². The van der Waals surface area contributed by atoms with Gasteiger partial charge < -0.3 is 4.90 Å². The second-order valence-electron chi connectivity index (χ2n) is 6.29. The molecule has 0 unspecified atom stereocenters. The summed E-state index contributed by atoms with van der Waals surface area (Å²) in [7, 11) is 1.67. The van der Waals surface area contributed by atoms with E-state index >= 15 is 0 Å². The Hall–Kier alpha value is -4.08. The van der Waals surface area contributed by atoms with Crippen molar-refractivity contribution in [3.05, 3.63) is 74.7 Å². The molecule has 3 aromatic rings. The van der Waals surface area contributed by atoms with Crippen molar-refractivity contribution in [3.63, 3.8) is 0 Å². The van der Waals surface area contributed by atoms with Gasteiger partial charge in [0.15, 0.2) is 5.69 Å². The Bertz CT molecular complexity index is 1140. The Balaban J connectivity index is 1.86. The normalized spacial score (nSPS) is 11.0. The fraction of sp³-hybridized carbons (Fsp3) is 0.158. The molecule has 10 heteroatoms. The number of non-ortho nitro benzene ring substituents is 1. The molecule has 0 fully saturated rings. The lowest BCUT2D eigenvalue weighted by Gasteiger charge is -2.14. The smallest absolute Gasteiger partial charge is 0.299 e. The van der Waals surface area contributed by atoms with Crippen molar-refractivity contribution >= 4 is 28.7 Å². The summed E-state index contributed by atoms with van der Waals surface area (Å²) in [5, 5.41) is 21.8. The van der Waals surface area contributed by atoms with Gasteiger partial charge >= 0.3 is 0 Å². The number of rotatable bonds is 5. The van der Waals surface area contributed by atoms with Gasteiger partial charge in [0.05, 0.1) is 22.0 Å². The van der Waals surface area contributed by atoms with Gasteiger partial charge in [0.2, 0.25) is 5.91 Å². The fourth-order valence-corrected chi connectivity index (χ4v) is 2.59. The van der Waals surface area contributed by atoms with Gasteiger partial charge in [-0.3, -0.25) is 24.8 Å². The monoisotopic (exact) mass is 394 g/mol. The first-order valence-electron chi connectivity index (χ1n) is 8.60. The average Bonchev–Trinajstić information content (AvgIpc) is 2.99. The van der Waals surface area contributed by atoms with E-state index in [0.717, 1.165) is 5.69 Å². The fourth-order valence-electron chi connectivity index (χ4n) is 2.59. The Morgan fingerprint density at radius 1 is 1.10 bits per heavy atom. The number of nitro benzene ring substituents is 1. The topological polar surface area (TPSA) is 126 Å². The molecular weight excluding hydrogens is 376 g/mol. The minimum Gasteiger partial charge on any atom is -0.316 e. The van der Waals surface area contributed by atoms with Gasteiger partial charge in [-0.15, -0.1) is 5.11 Å². The lowest BCUT2D eigenvalue weighted by Crippen LogP contribution is -2.22. The Morgan fingerprint density at radius 3 is 2.28 bits per heavy atom. The van der Waals surface area contributed by atoms with E-state index in [4.69, 9.17) is 0 Å². The third-order valence-electron chi connectivity index (χ3n) is 4.33. The number of hydrogen-bond donors (Lipinski definition) is 1. The molecule has 148 valence electrons. The quantitative estimate of drug-likeness (QED) is 0.401. The van der Waals surface area contributed by atoms with E-state index in [9.17, 15) is 19.7 Å². The van der Waals surface area contributed by atoms with Crippen LogP contribution in [0.5, 0.6) is 0 Å². The number of anilines is 1. The molecule has 0 aliphatic heterocycles. The second-order valence-corrected chi connectivity index (χ2v) is 6.29. The number of nitrogens with zero attached hydrogens (tertiary/aromatic N) is 5. The largest absolute Gasteiger partial charge is 0.316 e. The molecule has 10 nitrogen and oxygen atoms in total. The van der Waals surface area contributed by atoms with E-state index in [1.165, 1.54) is 40.8 Å². The number of hydrogen-bond acceptors (Lipinski definition) is 6. The molecule has 0 aliphatic rings. The van der Waals surface area contributed by atoms with Crippen molar-refractivity contribution in [2.45, 2.75) is 13.8 Å². The van der Waals surface area contributed by atoms with Gasteiger partial charge in [-0.25, -0.2) is 4.68 Å². The maximum atomic E-state index is 12.6. The van der Waals surface area contributed by atoms with Crippen molar-refractivity contribution in [3.8, 4) is 5.69 Å². The molecule has 1 heterocycles. The summed E-state index contributed by atoms with van der Waals surface area (Å²) in [6.45, 7) is 3.15. The summed E-state index contributed by atoms with van der Waals surface area (Å²) in [5.74, 6) is -0.0888. The molecule has 0 saturated carbocycles. The van der Waals surface area contributed by atoms with Gasteiger partial charge in [0.25, 0.3) is 11.2 Å². The standard InChI is InChI=1S/C19H18N6O4/c1-12-18(21-20-14-4-6-15(7-5-14)23(3)13(2)26)19(27)24(22-12)16-8-10-17(11-9-16)25(28)29/h4-11,22H,1-3H3. The molecule has 0 atom stereocenters. The van der Waals surface area contributed by atoms with Crippen LogP contribution >= 0.6 is 0 Å². The summed E-state index contributed by atoms with van der Waals surface area (Å²) in [6.07, 6.45) is 0. The first kappa shape index (κ1) is 19.7. The predicted molar refractivity (Wildman–Crippen MR) is 107 cm³/mol. The van der Waals surface area contributed by atoms with Crippen molar-refractivity contribution in [2.24, 2.45) is 10.2 Å². The van der Waals surface area contributed by atoms with Crippen LogP contribution in [0.25, 0.3) is 5.69 Å². The van der Waals surface area contributed by atoms with Crippen molar-refractivity contribution < 1.29 is 9.72 Å². The number of aryl methyl sites for hydroxylation is 1. The molecular formula is C19H18N6O4. The number of aromatic amines is 1. The van der Waals surface area contributed by atoms with Gasteiger partial charge in [0, 0.05) is 31.8 Å². The molecule has 29 heavy (non-hydrogen) atoms. The van der Waals surface area contributed by atoms with Crippen LogP contribution in [-0.2, 0) is 4.79 Å². The van der Waals surface area contributed by atoms with Crippen molar-refractivity contribution in [1.82, 2.24) is 9.78 Å². The summed E-state index contributed by atoms with van der Waals surface area (Å²) >= 11 is 0. The minimum absolute atomic E-state index is 0.0659. The highest BCUT2D eigenvalue weighted by atomic mass is 16.6. The van der Waals surface area contributed by atoms with E-state index in [1.807, 2.05) is 0 Å². The number of carbonyl (C=O) groups excluding carboxylic acids is 1.